The molecule has 0 spiro atoms. The second-order valence-corrected chi connectivity index (χ2v) is 3.16. The molecule has 0 saturated heterocycles. The Bertz CT molecular complexity index is 105. The lowest BCUT2D eigenvalue weighted by Crippen LogP contribution is -2.40. The zero-order chi connectivity index (χ0) is 9.12. The predicted molar refractivity (Wildman–Crippen MR) is 42.9 cm³/mol. The van der Waals surface area contributed by atoms with Gasteiger partial charge in [0.05, 0.1) is 0 Å². The van der Waals surface area contributed by atoms with Crippen molar-refractivity contribution in [1.82, 2.24) is 0 Å². The average molecular weight is 162 g/mol. The van der Waals surface area contributed by atoms with Crippen molar-refractivity contribution in [1.29, 1.82) is 0 Å². The van der Waals surface area contributed by atoms with Gasteiger partial charge in [0.2, 0.25) is 0 Å². The second kappa shape index (κ2) is 3.52. The lowest BCUT2D eigenvalue weighted by Gasteiger charge is -2.31. The molecule has 0 radical (unpaired) electrons. The van der Waals surface area contributed by atoms with Gasteiger partial charge in [-0.1, -0.05) is 13.8 Å². The van der Waals surface area contributed by atoms with Crippen LogP contribution in [0.4, 0.5) is 0 Å². The third kappa shape index (κ3) is 4.35. The molecule has 0 heterocycles. The van der Waals surface area contributed by atoms with Gasteiger partial charge >= 0.3 is 0 Å². The third-order valence-electron chi connectivity index (χ3n) is 1.75. The van der Waals surface area contributed by atoms with E-state index in [1.54, 1.807) is 13.8 Å². The molecular weight excluding hydrogens is 144 g/mol. The van der Waals surface area contributed by atoms with Crippen LogP contribution in [0.15, 0.2) is 0 Å². The zero-order valence-corrected chi connectivity index (χ0v) is 7.72. The van der Waals surface area contributed by atoms with E-state index in [0.717, 1.165) is 0 Å². The molecule has 0 saturated carbocycles. The minimum absolute atomic E-state index is 0.461. The summed E-state index contributed by atoms with van der Waals surface area (Å²) >= 11 is 0. The zero-order valence-electron chi connectivity index (χ0n) is 7.72. The van der Waals surface area contributed by atoms with E-state index in [4.69, 9.17) is 4.74 Å². The Morgan fingerprint density at radius 2 is 1.27 bits per heavy atom. The van der Waals surface area contributed by atoms with Crippen molar-refractivity contribution < 1.29 is 14.9 Å². The van der Waals surface area contributed by atoms with Crippen molar-refractivity contribution in [2.75, 3.05) is 0 Å². The van der Waals surface area contributed by atoms with Crippen molar-refractivity contribution in [3.05, 3.63) is 0 Å². The standard InChI is InChI=1S/C8H18O3/c1-5-7(3,9)11-8(4,10)6-2/h9-10H,5-6H2,1-4H3. The lowest BCUT2D eigenvalue weighted by molar-refractivity contribution is -0.320. The van der Waals surface area contributed by atoms with Gasteiger partial charge in [0.1, 0.15) is 0 Å². The first-order chi connectivity index (χ1) is 4.83. The molecule has 3 nitrogen and oxygen atoms in total. The van der Waals surface area contributed by atoms with Crippen LogP contribution in [-0.4, -0.2) is 21.8 Å². The Balaban J connectivity index is 4.02. The topological polar surface area (TPSA) is 49.7 Å². The van der Waals surface area contributed by atoms with Gasteiger partial charge in [-0.2, -0.15) is 0 Å². The molecule has 0 aliphatic rings. The quantitative estimate of drug-likeness (QED) is 0.611. The highest BCUT2D eigenvalue weighted by Crippen LogP contribution is 2.21. The highest BCUT2D eigenvalue weighted by molar-refractivity contribution is 4.64. The van der Waals surface area contributed by atoms with Crippen LogP contribution in [0.3, 0.4) is 0 Å². The molecule has 0 bridgehead atoms. The fraction of sp³-hybridized carbons (Fsp3) is 1.00. The molecule has 2 unspecified atom stereocenters. The van der Waals surface area contributed by atoms with Gasteiger partial charge in [0, 0.05) is 0 Å². The third-order valence-corrected chi connectivity index (χ3v) is 1.75. The average Bonchev–Trinajstić information content (AvgIpc) is 1.86. The smallest absolute Gasteiger partial charge is 0.165 e. The van der Waals surface area contributed by atoms with Crippen LogP contribution in [0.1, 0.15) is 40.5 Å². The van der Waals surface area contributed by atoms with Crippen LogP contribution in [0, 0.1) is 0 Å². The van der Waals surface area contributed by atoms with Crippen molar-refractivity contribution in [3.63, 3.8) is 0 Å². The lowest BCUT2D eigenvalue weighted by atomic mass is 10.2. The van der Waals surface area contributed by atoms with E-state index in [1.807, 2.05) is 0 Å². The molecule has 0 aromatic heterocycles. The Morgan fingerprint density at radius 1 is 1.00 bits per heavy atom. The van der Waals surface area contributed by atoms with E-state index in [0.29, 0.717) is 12.8 Å². The Kier molecular flexibility index (Phi) is 3.48. The summed E-state index contributed by atoms with van der Waals surface area (Å²) in [6, 6.07) is 0. The SMILES string of the molecule is CCC(C)(O)OC(C)(O)CC. The molecule has 0 aliphatic carbocycles. The minimum atomic E-state index is -1.22. The van der Waals surface area contributed by atoms with Gasteiger partial charge < -0.3 is 14.9 Å². The van der Waals surface area contributed by atoms with Crippen LogP contribution in [0.5, 0.6) is 0 Å². The largest absolute Gasteiger partial charge is 0.366 e. The van der Waals surface area contributed by atoms with Crippen LogP contribution in [0.25, 0.3) is 0 Å². The van der Waals surface area contributed by atoms with Crippen molar-refractivity contribution in [2.45, 2.75) is 52.1 Å². The number of hydrogen-bond acceptors (Lipinski definition) is 3. The summed E-state index contributed by atoms with van der Waals surface area (Å²) in [4.78, 5) is 0. The summed E-state index contributed by atoms with van der Waals surface area (Å²) in [6.45, 7) is 6.67. The molecular formula is C8H18O3. The first kappa shape index (κ1) is 10.9. The maximum Gasteiger partial charge on any atom is 0.165 e. The maximum absolute atomic E-state index is 9.41. The van der Waals surface area contributed by atoms with Gasteiger partial charge in [0.25, 0.3) is 0 Å². The molecule has 2 atom stereocenters. The van der Waals surface area contributed by atoms with Crippen molar-refractivity contribution in [2.24, 2.45) is 0 Å². The van der Waals surface area contributed by atoms with E-state index in [1.165, 1.54) is 13.8 Å². The molecule has 0 aliphatic heterocycles. The number of aliphatic hydroxyl groups is 2. The monoisotopic (exact) mass is 162 g/mol. The number of ether oxygens (including phenoxy) is 1. The van der Waals surface area contributed by atoms with Crippen LogP contribution < -0.4 is 0 Å². The first-order valence-corrected chi connectivity index (χ1v) is 3.98. The van der Waals surface area contributed by atoms with Crippen molar-refractivity contribution >= 4 is 0 Å². The van der Waals surface area contributed by atoms with Crippen LogP contribution in [-0.2, 0) is 4.74 Å². The van der Waals surface area contributed by atoms with Crippen LogP contribution in [0.2, 0.25) is 0 Å². The van der Waals surface area contributed by atoms with Gasteiger partial charge in [-0.05, 0) is 26.7 Å². The normalized spacial score (nSPS) is 22.4. The van der Waals surface area contributed by atoms with E-state index in [9.17, 15) is 10.2 Å². The van der Waals surface area contributed by atoms with E-state index in [2.05, 4.69) is 0 Å². The fourth-order valence-corrected chi connectivity index (χ4v) is 0.618. The van der Waals surface area contributed by atoms with E-state index < -0.39 is 11.6 Å². The number of rotatable bonds is 4. The highest BCUT2D eigenvalue weighted by Gasteiger charge is 2.29. The fourth-order valence-electron chi connectivity index (χ4n) is 0.618. The predicted octanol–water partition coefficient (Wildman–Crippen LogP) is 1.24. The molecule has 0 amide bonds. The summed E-state index contributed by atoms with van der Waals surface area (Å²) in [5, 5.41) is 18.8. The van der Waals surface area contributed by atoms with E-state index in [-0.39, 0.29) is 0 Å². The highest BCUT2D eigenvalue weighted by atomic mass is 16.7. The summed E-state index contributed by atoms with van der Waals surface area (Å²) in [5.74, 6) is -2.45. The van der Waals surface area contributed by atoms with Gasteiger partial charge in [-0.25, -0.2) is 0 Å². The molecule has 0 fully saturated rings. The number of hydrogen-bond donors (Lipinski definition) is 2. The molecule has 68 valence electrons. The molecule has 2 N–H and O–H groups in total. The molecule has 0 aromatic rings. The Hall–Kier alpha value is -0.120. The molecule has 3 heteroatoms. The Labute approximate surface area is 68.0 Å². The van der Waals surface area contributed by atoms with Gasteiger partial charge in [-0.3, -0.25) is 0 Å². The minimum Gasteiger partial charge on any atom is -0.366 e. The molecule has 11 heavy (non-hydrogen) atoms. The summed E-state index contributed by atoms with van der Waals surface area (Å²) in [5.41, 5.74) is 0. The molecule has 0 rings (SSSR count). The summed E-state index contributed by atoms with van der Waals surface area (Å²) in [7, 11) is 0. The summed E-state index contributed by atoms with van der Waals surface area (Å²) < 4.78 is 5.03. The van der Waals surface area contributed by atoms with Gasteiger partial charge in [0.15, 0.2) is 11.6 Å². The second-order valence-electron chi connectivity index (χ2n) is 3.16. The molecule has 0 aromatic carbocycles. The first-order valence-electron chi connectivity index (χ1n) is 3.98. The van der Waals surface area contributed by atoms with Crippen LogP contribution >= 0.6 is 0 Å². The van der Waals surface area contributed by atoms with Gasteiger partial charge in [-0.15, -0.1) is 0 Å². The Morgan fingerprint density at radius 3 is 1.45 bits per heavy atom. The maximum atomic E-state index is 9.41. The summed E-state index contributed by atoms with van der Waals surface area (Å²) in [6.07, 6.45) is 0.923. The van der Waals surface area contributed by atoms with E-state index >= 15 is 0 Å². The van der Waals surface area contributed by atoms with Crippen molar-refractivity contribution in [3.8, 4) is 0 Å².